The number of rotatable bonds is 5. The van der Waals surface area contributed by atoms with Gasteiger partial charge in [-0.2, -0.15) is 19.6 Å². The summed E-state index contributed by atoms with van der Waals surface area (Å²) in [6.07, 6.45) is 0. The van der Waals surface area contributed by atoms with Crippen LogP contribution in [0.1, 0.15) is 41.5 Å². The van der Waals surface area contributed by atoms with Crippen molar-refractivity contribution in [2.24, 2.45) is 0 Å². The van der Waals surface area contributed by atoms with E-state index in [0.717, 1.165) is 0 Å². The lowest BCUT2D eigenvalue weighted by atomic mass is 10.4. The largest absolute Gasteiger partial charge is 0.249 e. The first-order valence-corrected chi connectivity index (χ1v) is 4.92. The topological polar surface area (TPSA) is 102 Å². The number of hydrogen-bond acceptors (Lipinski definition) is 8. The highest BCUT2D eigenvalue weighted by Crippen LogP contribution is 2.26. The van der Waals surface area contributed by atoms with Crippen molar-refractivity contribution in [2.75, 3.05) is 0 Å². The smallest absolute Gasteiger partial charge is 0.228 e. The zero-order chi connectivity index (χ0) is 13.7. The molecule has 1 aliphatic heterocycles. The third-order valence-corrected chi connectivity index (χ3v) is 1.30. The van der Waals surface area contributed by atoms with Crippen LogP contribution in [0.2, 0.25) is 0 Å². The lowest BCUT2D eigenvalue weighted by molar-refractivity contribution is -0.558. The van der Waals surface area contributed by atoms with E-state index in [-0.39, 0.29) is 5.79 Å². The SMILES string of the molecule is CC(C)(OO)OOC(C)(C)OO.CC1(C)OO1. The summed E-state index contributed by atoms with van der Waals surface area (Å²) in [5.41, 5.74) is 0. The van der Waals surface area contributed by atoms with E-state index >= 15 is 0 Å². The number of hydrogen-bond donors (Lipinski definition) is 2. The summed E-state index contributed by atoms with van der Waals surface area (Å²) in [5, 5.41) is 16.5. The van der Waals surface area contributed by atoms with Gasteiger partial charge in [0.25, 0.3) is 0 Å². The molecule has 2 N–H and O–H groups in total. The maximum absolute atomic E-state index is 8.26. The van der Waals surface area contributed by atoms with Crippen LogP contribution in [0.3, 0.4) is 0 Å². The molecule has 17 heavy (non-hydrogen) atoms. The molecule has 0 aliphatic carbocycles. The van der Waals surface area contributed by atoms with Gasteiger partial charge in [0.05, 0.1) is 0 Å². The van der Waals surface area contributed by atoms with Gasteiger partial charge in [0, 0.05) is 0 Å². The normalized spacial score (nSPS) is 18.4. The van der Waals surface area contributed by atoms with Crippen LogP contribution < -0.4 is 0 Å². The second-order valence-corrected chi connectivity index (χ2v) is 4.72. The predicted molar refractivity (Wildman–Crippen MR) is 54.0 cm³/mol. The molecule has 0 atom stereocenters. The lowest BCUT2D eigenvalue weighted by Gasteiger charge is -2.25. The average molecular weight is 256 g/mol. The molecular weight excluding hydrogens is 236 g/mol. The van der Waals surface area contributed by atoms with Gasteiger partial charge in [-0.25, -0.2) is 20.3 Å². The highest BCUT2D eigenvalue weighted by molar-refractivity contribution is 4.54. The van der Waals surface area contributed by atoms with Gasteiger partial charge in [-0.05, 0) is 41.5 Å². The molecule has 1 rings (SSSR count). The van der Waals surface area contributed by atoms with Crippen molar-refractivity contribution in [2.45, 2.75) is 58.9 Å². The minimum absolute atomic E-state index is 0.250. The fourth-order valence-electron chi connectivity index (χ4n) is 0.314. The van der Waals surface area contributed by atoms with Crippen molar-refractivity contribution in [3.63, 3.8) is 0 Å². The second-order valence-electron chi connectivity index (χ2n) is 4.72. The van der Waals surface area contributed by atoms with Crippen LogP contribution in [-0.2, 0) is 29.3 Å². The van der Waals surface area contributed by atoms with E-state index in [4.69, 9.17) is 10.5 Å². The molecule has 0 aromatic heterocycles. The highest BCUT2D eigenvalue weighted by atomic mass is 17.4. The Labute approximate surface area is 99.6 Å². The van der Waals surface area contributed by atoms with Gasteiger partial charge in [0.1, 0.15) is 0 Å². The maximum Gasteiger partial charge on any atom is 0.228 e. The predicted octanol–water partition coefficient (Wildman–Crippen LogP) is 2.07. The quantitative estimate of drug-likeness (QED) is 0.333. The molecular formula is C9H20O8. The van der Waals surface area contributed by atoms with Crippen molar-refractivity contribution in [1.29, 1.82) is 0 Å². The van der Waals surface area contributed by atoms with Gasteiger partial charge >= 0.3 is 0 Å². The lowest BCUT2D eigenvalue weighted by Crippen LogP contribution is -2.35. The van der Waals surface area contributed by atoms with Crippen molar-refractivity contribution in [1.82, 2.24) is 0 Å². The van der Waals surface area contributed by atoms with Crippen LogP contribution >= 0.6 is 0 Å². The van der Waals surface area contributed by atoms with Crippen LogP contribution in [0, 0.1) is 0 Å². The van der Waals surface area contributed by atoms with E-state index in [1.54, 1.807) is 0 Å². The van der Waals surface area contributed by atoms with E-state index in [2.05, 4.69) is 29.3 Å². The molecule has 8 heteroatoms. The zero-order valence-corrected chi connectivity index (χ0v) is 10.8. The fraction of sp³-hybridized carbons (Fsp3) is 1.00. The second kappa shape index (κ2) is 6.03. The van der Waals surface area contributed by atoms with Gasteiger partial charge < -0.3 is 0 Å². The van der Waals surface area contributed by atoms with Crippen molar-refractivity contribution in [3.8, 4) is 0 Å². The van der Waals surface area contributed by atoms with Crippen LogP contribution in [0.25, 0.3) is 0 Å². The summed E-state index contributed by atoms with van der Waals surface area (Å²) in [5.74, 6) is -2.87. The average Bonchev–Trinajstić information content (AvgIpc) is 2.92. The van der Waals surface area contributed by atoms with Gasteiger partial charge in [0.15, 0.2) is 0 Å². The molecule has 104 valence electrons. The molecule has 0 amide bonds. The Morgan fingerprint density at radius 1 is 0.824 bits per heavy atom. The Kier molecular flexibility index (Phi) is 5.91. The Morgan fingerprint density at radius 2 is 1.06 bits per heavy atom. The minimum Gasteiger partial charge on any atom is -0.249 e. The summed E-state index contributed by atoms with van der Waals surface area (Å²) in [4.78, 5) is 25.7. The highest BCUT2D eigenvalue weighted by Gasteiger charge is 2.36. The summed E-state index contributed by atoms with van der Waals surface area (Å²) in [7, 11) is 0. The summed E-state index contributed by atoms with van der Waals surface area (Å²) < 4.78 is 0. The van der Waals surface area contributed by atoms with E-state index in [9.17, 15) is 0 Å². The molecule has 1 fully saturated rings. The molecule has 0 bridgehead atoms. The Bertz CT molecular complexity index is 203. The van der Waals surface area contributed by atoms with E-state index < -0.39 is 11.6 Å². The van der Waals surface area contributed by atoms with Gasteiger partial charge in [-0.1, -0.05) is 0 Å². The monoisotopic (exact) mass is 256 g/mol. The zero-order valence-electron chi connectivity index (χ0n) is 10.8. The Hall–Kier alpha value is -0.320. The molecule has 1 saturated heterocycles. The maximum atomic E-state index is 8.26. The molecule has 0 spiro atoms. The van der Waals surface area contributed by atoms with Gasteiger partial charge in [0.2, 0.25) is 17.4 Å². The molecule has 0 unspecified atom stereocenters. The molecule has 8 nitrogen and oxygen atoms in total. The van der Waals surface area contributed by atoms with Crippen molar-refractivity contribution in [3.05, 3.63) is 0 Å². The van der Waals surface area contributed by atoms with Crippen molar-refractivity contribution >= 4 is 0 Å². The van der Waals surface area contributed by atoms with Crippen LogP contribution in [0.4, 0.5) is 0 Å². The Balaban J connectivity index is 0.000000419. The molecule has 1 heterocycles. The van der Waals surface area contributed by atoms with E-state index in [1.165, 1.54) is 27.7 Å². The first kappa shape index (κ1) is 16.7. The molecule has 1 aliphatic rings. The molecule has 0 saturated carbocycles. The summed E-state index contributed by atoms with van der Waals surface area (Å²) in [6.45, 7) is 9.38. The molecule has 0 aromatic carbocycles. The summed E-state index contributed by atoms with van der Waals surface area (Å²) >= 11 is 0. The first-order valence-electron chi connectivity index (χ1n) is 4.92. The third-order valence-electron chi connectivity index (χ3n) is 1.30. The first-order chi connectivity index (χ1) is 7.54. The van der Waals surface area contributed by atoms with Crippen LogP contribution in [0.5, 0.6) is 0 Å². The Morgan fingerprint density at radius 3 is 1.18 bits per heavy atom. The van der Waals surface area contributed by atoms with Gasteiger partial charge in [-0.15, -0.1) is 0 Å². The fourth-order valence-corrected chi connectivity index (χ4v) is 0.314. The van der Waals surface area contributed by atoms with Gasteiger partial charge in [-0.3, -0.25) is 0 Å². The molecule has 0 radical (unpaired) electrons. The minimum atomic E-state index is -1.31. The van der Waals surface area contributed by atoms with E-state index in [1.807, 2.05) is 13.8 Å². The van der Waals surface area contributed by atoms with Crippen LogP contribution in [-0.4, -0.2) is 27.9 Å². The van der Waals surface area contributed by atoms with Crippen molar-refractivity contribution < 1.29 is 39.8 Å². The third kappa shape index (κ3) is 9.39. The standard InChI is InChI=1S/C6H14O6.C3H6O2/c1-5(2,9-7)11-12-6(3,4)10-8;1-3(2)4-5-3/h7-8H,1-4H3;1-2H3. The summed E-state index contributed by atoms with van der Waals surface area (Å²) in [6, 6.07) is 0. The van der Waals surface area contributed by atoms with Crippen LogP contribution in [0.15, 0.2) is 0 Å². The van der Waals surface area contributed by atoms with E-state index in [0.29, 0.717) is 0 Å². The molecule has 0 aromatic rings.